The van der Waals surface area contributed by atoms with Crippen molar-refractivity contribution in [1.82, 2.24) is 4.98 Å². The molecule has 1 aromatic heterocycles. The van der Waals surface area contributed by atoms with Crippen molar-refractivity contribution in [2.45, 2.75) is 24.9 Å². The van der Waals surface area contributed by atoms with Crippen LogP contribution in [0.2, 0.25) is 0 Å². The number of pyridine rings is 1. The second-order valence-electron chi connectivity index (χ2n) is 4.88. The molecule has 0 amide bonds. The first-order chi connectivity index (χ1) is 9.34. The Bertz CT molecular complexity index is 541. The Morgan fingerprint density at radius 2 is 2.05 bits per heavy atom. The number of aliphatic hydroxyl groups excluding tert-OH is 1. The molecular weight excluding hydrogens is 238 g/mol. The highest BCUT2D eigenvalue weighted by atomic mass is 16.5. The van der Waals surface area contributed by atoms with Crippen molar-refractivity contribution in [1.29, 1.82) is 0 Å². The molecule has 0 radical (unpaired) electrons. The highest BCUT2D eigenvalue weighted by Gasteiger charge is 2.30. The summed E-state index contributed by atoms with van der Waals surface area (Å²) in [7, 11) is 0. The van der Waals surface area contributed by atoms with Crippen LogP contribution in [-0.4, -0.2) is 22.8 Å². The number of aryl methyl sites for hydroxylation is 1. The molecule has 2 unspecified atom stereocenters. The maximum atomic E-state index is 10.3. The lowest BCUT2D eigenvalue weighted by Crippen LogP contribution is -2.24. The predicted octanol–water partition coefficient (Wildman–Crippen LogP) is 2.55. The number of hydrogen-bond donors (Lipinski definition) is 1. The molecule has 1 aromatic carbocycles. The summed E-state index contributed by atoms with van der Waals surface area (Å²) >= 11 is 0. The number of benzene rings is 1. The molecule has 3 nitrogen and oxygen atoms in total. The third-order valence-corrected chi connectivity index (χ3v) is 3.63. The number of aromatic nitrogens is 1. The second kappa shape index (κ2) is 5.41. The number of para-hydroxylation sites is 1. The number of fused-ring (bicyclic) bond motifs is 1. The van der Waals surface area contributed by atoms with Crippen LogP contribution >= 0.6 is 0 Å². The molecule has 0 saturated carbocycles. The summed E-state index contributed by atoms with van der Waals surface area (Å²) in [4.78, 5) is 4.40. The quantitative estimate of drug-likeness (QED) is 0.913. The fourth-order valence-electron chi connectivity index (χ4n) is 2.63. The molecular formula is C16H17NO2. The summed E-state index contributed by atoms with van der Waals surface area (Å²) in [6.07, 6.45) is 3.24. The van der Waals surface area contributed by atoms with E-state index in [0.717, 1.165) is 24.3 Å². The van der Waals surface area contributed by atoms with Crippen molar-refractivity contribution in [3.63, 3.8) is 0 Å². The Hall–Kier alpha value is -1.87. The summed E-state index contributed by atoms with van der Waals surface area (Å²) in [6, 6.07) is 13.6. The largest absolute Gasteiger partial charge is 0.491 e. The number of rotatable bonds is 4. The van der Waals surface area contributed by atoms with Crippen molar-refractivity contribution in [3.8, 4) is 5.75 Å². The van der Waals surface area contributed by atoms with Crippen molar-refractivity contribution in [2.75, 3.05) is 6.61 Å². The zero-order valence-electron chi connectivity index (χ0n) is 10.7. The van der Waals surface area contributed by atoms with Crippen molar-refractivity contribution in [3.05, 3.63) is 59.9 Å². The van der Waals surface area contributed by atoms with Crippen LogP contribution in [0, 0.1) is 0 Å². The zero-order valence-corrected chi connectivity index (χ0v) is 10.7. The normalized spacial score (nSPS) is 18.9. The molecule has 0 aliphatic heterocycles. The van der Waals surface area contributed by atoms with Crippen molar-refractivity contribution >= 4 is 0 Å². The van der Waals surface area contributed by atoms with Crippen LogP contribution in [-0.2, 0) is 6.42 Å². The van der Waals surface area contributed by atoms with E-state index in [2.05, 4.69) is 11.1 Å². The third-order valence-electron chi connectivity index (χ3n) is 3.63. The lowest BCUT2D eigenvalue weighted by atomic mass is 10.0. The second-order valence-corrected chi connectivity index (χ2v) is 4.88. The molecule has 2 aromatic rings. The Morgan fingerprint density at radius 3 is 2.89 bits per heavy atom. The summed E-state index contributed by atoms with van der Waals surface area (Å²) in [5.74, 6) is 0.890. The molecule has 3 heteroatoms. The molecule has 1 aliphatic rings. The zero-order chi connectivity index (χ0) is 13.1. The van der Waals surface area contributed by atoms with E-state index in [1.165, 1.54) is 5.56 Å². The first-order valence-corrected chi connectivity index (χ1v) is 6.64. The van der Waals surface area contributed by atoms with Crippen LogP contribution in [0.25, 0.3) is 0 Å². The van der Waals surface area contributed by atoms with E-state index in [4.69, 9.17) is 4.74 Å². The number of ether oxygens (including phenoxy) is 1. The first kappa shape index (κ1) is 12.2. The number of nitrogens with zero attached hydrogens (tertiary/aromatic N) is 1. The van der Waals surface area contributed by atoms with Gasteiger partial charge in [-0.15, -0.1) is 0 Å². The average Bonchev–Trinajstić information content (AvgIpc) is 2.90. The molecule has 1 aliphatic carbocycles. The molecule has 0 spiro atoms. The standard InChI is InChI=1S/C16H17NO2/c18-15(11-19-13-6-2-1-3-7-13)14-9-8-12-5-4-10-17-16(12)14/h1-7,10,14-15,18H,8-9,11H2. The van der Waals surface area contributed by atoms with Gasteiger partial charge in [-0.05, 0) is 36.6 Å². The van der Waals surface area contributed by atoms with Gasteiger partial charge in [0, 0.05) is 17.8 Å². The monoisotopic (exact) mass is 255 g/mol. The van der Waals surface area contributed by atoms with Gasteiger partial charge in [0.2, 0.25) is 0 Å². The van der Waals surface area contributed by atoms with Crippen LogP contribution in [0.3, 0.4) is 0 Å². The SMILES string of the molecule is OC(COc1ccccc1)C1CCc2cccnc21. The summed E-state index contributed by atoms with van der Waals surface area (Å²) in [5.41, 5.74) is 2.29. The lowest BCUT2D eigenvalue weighted by molar-refractivity contribution is 0.0827. The minimum absolute atomic E-state index is 0.0971. The highest BCUT2D eigenvalue weighted by Crippen LogP contribution is 2.33. The highest BCUT2D eigenvalue weighted by molar-refractivity contribution is 5.29. The molecule has 19 heavy (non-hydrogen) atoms. The van der Waals surface area contributed by atoms with Gasteiger partial charge in [-0.1, -0.05) is 24.3 Å². The Labute approximate surface area is 112 Å². The van der Waals surface area contributed by atoms with E-state index in [0.29, 0.717) is 6.61 Å². The fourth-order valence-corrected chi connectivity index (χ4v) is 2.63. The average molecular weight is 255 g/mol. The van der Waals surface area contributed by atoms with Crippen LogP contribution in [0.5, 0.6) is 5.75 Å². The van der Waals surface area contributed by atoms with E-state index in [9.17, 15) is 5.11 Å². The minimum Gasteiger partial charge on any atom is -0.491 e. The molecule has 0 saturated heterocycles. The summed E-state index contributed by atoms with van der Waals surface area (Å²) in [6.45, 7) is 0.310. The smallest absolute Gasteiger partial charge is 0.119 e. The van der Waals surface area contributed by atoms with E-state index >= 15 is 0 Å². The van der Waals surface area contributed by atoms with Crippen molar-refractivity contribution in [2.24, 2.45) is 0 Å². The Balaban J connectivity index is 1.64. The molecule has 2 atom stereocenters. The van der Waals surface area contributed by atoms with Gasteiger partial charge in [-0.2, -0.15) is 0 Å². The minimum atomic E-state index is -0.503. The van der Waals surface area contributed by atoms with Gasteiger partial charge in [0.15, 0.2) is 0 Å². The van der Waals surface area contributed by atoms with E-state index in [1.54, 1.807) is 6.20 Å². The molecule has 1 N–H and O–H groups in total. The first-order valence-electron chi connectivity index (χ1n) is 6.64. The lowest BCUT2D eigenvalue weighted by Gasteiger charge is -2.18. The van der Waals surface area contributed by atoms with E-state index < -0.39 is 6.10 Å². The molecule has 3 rings (SSSR count). The summed E-state index contributed by atoms with van der Waals surface area (Å²) < 4.78 is 5.62. The van der Waals surface area contributed by atoms with Crippen LogP contribution in [0.15, 0.2) is 48.7 Å². The fraction of sp³-hybridized carbons (Fsp3) is 0.312. The van der Waals surface area contributed by atoms with Gasteiger partial charge >= 0.3 is 0 Å². The van der Waals surface area contributed by atoms with Crippen LogP contribution in [0.1, 0.15) is 23.6 Å². The molecule has 98 valence electrons. The topological polar surface area (TPSA) is 42.4 Å². The van der Waals surface area contributed by atoms with Gasteiger partial charge in [-0.3, -0.25) is 4.98 Å². The predicted molar refractivity (Wildman–Crippen MR) is 73.2 cm³/mol. The summed E-state index contributed by atoms with van der Waals surface area (Å²) in [5, 5.41) is 10.3. The molecule has 0 bridgehead atoms. The van der Waals surface area contributed by atoms with Gasteiger partial charge in [0.25, 0.3) is 0 Å². The molecule has 1 heterocycles. The number of aliphatic hydroxyl groups is 1. The van der Waals surface area contributed by atoms with E-state index in [-0.39, 0.29) is 5.92 Å². The van der Waals surface area contributed by atoms with Gasteiger partial charge in [-0.25, -0.2) is 0 Å². The maximum Gasteiger partial charge on any atom is 0.119 e. The third kappa shape index (κ3) is 2.61. The van der Waals surface area contributed by atoms with Gasteiger partial charge in [0.1, 0.15) is 12.4 Å². The number of hydrogen-bond acceptors (Lipinski definition) is 3. The van der Waals surface area contributed by atoms with Gasteiger partial charge in [0.05, 0.1) is 6.10 Å². The van der Waals surface area contributed by atoms with Crippen molar-refractivity contribution < 1.29 is 9.84 Å². The van der Waals surface area contributed by atoms with Crippen LogP contribution < -0.4 is 4.74 Å². The van der Waals surface area contributed by atoms with Crippen LogP contribution in [0.4, 0.5) is 0 Å². The molecule has 0 fully saturated rings. The Morgan fingerprint density at radius 1 is 1.21 bits per heavy atom. The van der Waals surface area contributed by atoms with Gasteiger partial charge < -0.3 is 9.84 Å². The Kier molecular flexibility index (Phi) is 3.47. The maximum absolute atomic E-state index is 10.3. The van der Waals surface area contributed by atoms with E-state index in [1.807, 2.05) is 36.4 Å².